The van der Waals surface area contributed by atoms with Gasteiger partial charge in [0.25, 0.3) is 11.1 Å². The number of imide groups is 1. The van der Waals surface area contributed by atoms with E-state index in [4.69, 9.17) is 0 Å². The van der Waals surface area contributed by atoms with Gasteiger partial charge < -0.3 is 4.57 Å². The normalized spacial score (nSPS) is 18.6. The molecule has 0 aliphatic carbocycles. The Balaban J connectivity index is 2.22. The zero-order chi connectivity index (χ0) is 11.7. The van der Waals surface area contributed by atoms with Gasteiger partial charge >= 0.3 is 0 Å². The van der Waals surface area contributed by atoms with Gasteiger partial charge in [-0.3, -0.25) is 14.9 Å². The summed E-state index contributed by atoms with van der Waals surface area (Å²) in [5.41, 5.74) is 0.932. The quantitative estimate of drug-likeness (QED) is 0.802. The molecule has 84 valence electrons. The van der Waals surface area contributed by atoms with Gasteiger partial charge in [0.05, 0.1) is 4.91 Å². The van der Waals surface area contributed by atoms with E-state index in [9.17, 15) is 9.59 Å². The molecule has 1 aromatic rings. The number of thioether (sulfide) groups is 1. The maximum Gasteiger partial charge on any atom is 0.290 e. The molecule has 1 fully saturated rings. The number of carbonyl (C=O) groups is 2. The van der Waals surface area contributed by atoms with E-state index in [2.05, 4.69) is 19.2 Å². The van der Waals surface area contributed by atoms with Gasteiger partial charge in [0, 0.05) is 18.4 Å². The number of hydrogen-bond acceptors (Lipinski definition) is 3. The van der Waals surface area contributed by atoms with Gasteiger partial charge in [0.1, 0.15) is 0 Å². The van der Waals surface area contributed by atoms with E-state index >= 15 is 0 Å². The molecule has 0 radical (unpaired) electrons. The smallest absolute Gasteiger partial charge is 0.290 e. The highest BCUT2D eigenvalue weighted by Gasteiger charge is 2.24. The lowest BCUT2D eigenvalue weighted by Gasteiger charge is -2.04. The van der Waals surface area contributed by atoms with Crippen LogP contribution in [0.15, 0.2) is 23.4 Å². The molecule has 1 N–H and O–H groups in total. The highest BCUT2D eigenvalue weighted by molar-refractivity contribution is 8.18. The molecule has 2 rings (SSSR count). The highest BCUT2D eigenvalue weighted by Crippen LogP contribution is 2.25. The molecule has 1 saturated heterocycles. The minimum atomic E-state index is -0.313. The average molecular weight is 236 g/mol. The first-order valence-corrected chi connectivity index (χ1v) is 5.80. The average Bonchev–Trinajstić information content (AvgIpc) is 2.75. The molecule has 5 heteroatoms. The monoisotopic (exact) mass is 236 g/mol. The number of hydrogen-bond donors (Lipinski definition) is 1. The second-order valence-corrected chi connectivity index (χ2v) is 4.85. The van der Waals surface area contributed by atoms with Crippen LogP contribution in [0.2, 0.25) is 0 Å². The summed E-state index contributed by atoms with van der Waals surface area (Å²) in [5, 5.41) is 1.92. The van der Waals surface area contributed by atoms with Crippen molar-refractivity contribution in [3.63, 3.8) is 0 Å². The van der Waals surface area contributed by atoms with Crippen LogP contribution in [-0.2, 0) is 4.79 Å². The fourth-order valence-electron chi connectivity index (χ4n) is 1.41. The molecule has 4 nitrogen and oxygen atoms in total. The van der Waals surface area contributed by atoms with Gasteiger partial charge in [-0.2, -0.15) is 0 Å². The van der Waals surface area contributed by atoms with Gasteiger partial charge in [-0.1, -0.05) is 0 Å². The molecule has 0 atom stereocenters. The van der Waals surface area contributed by atoms with Crippen molar-refractivity contribution in [1.29, 1.82) is 0 Å². The van der Waals surface area contributed by atoms with Crippen molar-refractivity contribution in [2.75, 3.05) is 0 Å². The molecule has 2 amide bonds. The van der Waals surface area contributed by atoms with E-state index < -0.39 is 0 Å². The van der Waals surface area contributed by atoms with Crippen molar-refractivity contribution in [1.82, 2.24) is 9.88 Å². The Morgan fingerprint density at radius 1 is 1.44 bits per heavy atom. The maximum absolute atomic E-state index is 11.3. The summed E-state index contributed by atoms with van der Waals surface area (Å²) < 4.78 is 2.05. The highest BCUT2D eigenvalue weighted by atomic mass is 32.2. The Hall–Kier alpha value is -1.49. The van der Waals surface area contributed by atoms with Crippen LogP contribution >= 0.6 is 11.8 Å². The largest absolute Gasteiger partial charge is 0.351 e. The van der Waals surface area contributed by atoms with Gasteiger partial charge in [-0.25, -0.2) is 0 Å². The van der Waals surface area contributed by atoms with Crippen LogP contribution in [-0.4, -0.2) is 15.7 Å². The number of rotatable bonds is 2. The molecular weight excluding hydrogens is 224 g/mol. The molecular formula is C11H12N2O2S. The fourth-order valence-corrected chi connectivity index (χ4v) is 2.09. The van der Waals surface area contributed by atoms with Crippen molar-refractivity contribution >= 4 is 29.0 Å². The number of amides is 2. The third kappa shape index (κ3) is 2.19. The molecule has 0 aromatic carbocycles. The molecule has 0 bridgehead atoms. The van der Waals surface area contributed by atoms with Gasteiger partial charge in [-0.05, 0) is 43.3 Å². The van der Waals surface area contributed by atoms with Gasteiger partial charge in [0.15, 0.2) is 0 Å². The molecule has 1 aliphatic rings. The lowest BCUT2D eigenvalue weighted by molar-refractivity contribution is -0.115. The third-order valence-corrected chi connectivity index (χ3v) is 3.08. The zero-order valence-corrected chi connectivity index (χ0v) is 9.88. The second kappa shape index (κ2) is 4.17. The van der Waals surface area contributed by atoms with Crippen molar-refractivity contribution in [2.45, 2.75) is 19.9 Å². The number of carbonyl (C=O) groups excluding carboxylic acids is 2. The van der Waals surface area contributed by atoms with Crippen LogP contribution < -0.4 is 5.32 Å². The summed E-state index contributed by atoms with van der Waals surface area (Å²) in [6.07, 6.45) is 5.63. The zero-order valence-electron chi connectivity index (χ0n) is 9.06. The van der Waals surface area contributed by atoms with E-state index in [1.54, 1.807) is 6.08 Å². The fraction of sp³-hybridized carbons (Fsp3) is 0.273. The Labute approximate surface area is 97.7 Å². The number of nitrogens with one attached hydrogen (secondary N) is 1. The van der Waals surface area contributed by atoms with Crippen LogP contribution in [0.5, 0.6) is 0 Å². The lowest BCUT2D eigenvalue weighted by atomic mass is 10.3. The summed E-state index contributed by atoms with van der Waals surface area (Å²) in [5.74, 6) is -0.313. The predicted molar refractivity (Wildman–Crippen MR) is 63.9 cm³/mol. The van der Waals surface area contributed by atoms with E-state index in [0.717, 1.165) is 17.3 Å². The van der Waals surface area contributed by atoms with Gasteiger partial charge in [0.2, 0.25) is 0 Å². The number of nitrogens with zero attached hydrogens (tertiary/aromatic N) is 1. The van der Waals surface area contributed by atoms with E-state index in [1.807, 2.05) is 23.0 Å². The molecule has 1 aliphatic heterocycles. The van der Waals surface area contributed by atoms with E-state index in [-0.39, 0.29) is 11.1 Å². The maximum atomic E-state index is 11.3. The Morgan fingerprint density at radius 3 is 2.69 bits per heavy atom. The number of aromatic nitrogens is 1. The Kier molecular flexibility index (Phi) is 2.87. The molecule has 0 spiro atoms. The molecule has 0 saturated carbocycles. The third-order valence-electron chi connectivity index (χ3n) is 2.27. The first kappa shape index (κ1) is 11.0. The SMILES string of the molecule is CC(C)n1ccc(/C=C2\SC(=O)NC2=O)c1. The van der Waals surface area contributed by atoms with Crippen molar-refractivity contribution in [2.24, 2.45) is 0 Å². The summed E-state index contributed by atoms with van der Waals surface area (Å²) >= 11 is 0.938. The van der Waals surface area contributed by atoms with E-state index in [1.165, 1.54) is 0 Å². The molecule has 0 unspecified atom stereocenters. The Morgan fingerprint density at radius 2 is 2.19 bits per heavy atom. The second-order valence-electron chi connectivity index (χ2n) is 3.84. The minimum absolute atomic E-state index is 0.306. The van der Waals surface area contributed by atoms with Crippen LogP contribution in [0.4, 0.5) is 4.79 Å². The van der Waals surface area contributed by atoms with Crippen LogP contribution in [0.1, 0.15) is 25.5 Å². The molecule has 1 aromatic heterocycles. The van der Waals surface area contributed by atoms with Crippen molar-refractivity contribution in [3.05, 3.63) is 28.9 Å². The van der Waals surface area contributed by atoms with Crippen LogP contribution in [0, 0.1) is 0 Å². The summed E-state index contributed by atoms with van der Waals surface area (Å²) in [6, 6.07) is 2.31. The van der Waals surface area contributed by atoms with Crippen LogP contribution in [0.25, 0.3) is 6.08 Å². The first-order valence-electron chi connectivity index (χ1n) is 4.98. The predicted octanol–water partition coefficient (Wildman–Crippen LogP) is 2.39. The molecule has 2 heterocycles. The van der Waals surface area contributed by atoms with Crippen molar-refractivity contribution < 1.29 is 9.59 Å². The topological polar surface area (TPSA) is 51.1 Å². The summed E-state index contributed by atoms with van der Waals surface area (Å²) in [6.45, 7) is 4.16. The molecule has 16 heavy (non-hydrogen) atoms. The standard InChI is InChI=1S/C11H12N2O2S/c1-7(2)13-4-3-8(6-13)5-9-10(14)12-11(15)16-9/h3-7H,1-2H3,(H,12,14,15)/b9-5-. The van der Waals surface area contributed by atoms with Crippen LogP contribution in [0.3, 0.4) is 0 Å². The Bertz CT molecular complexity index is 474. The first-order chi connectivity index (χ1) is 7.56. The van der Waals surface area contributed by atoms with Gasteiger partial charge in [-0.15, -0.1) is 0 Å². The summed E-state index contributed by atoms with van der Waals surface area (Å²) in [7, 11) is 0. The summed E-state index contributed by atoms with van der Waals surface area (Å²) in [4.78, 5) is 22.7. The minimum Gasteiger partial charge on any atom is -0.351 e. The van der Waals surface area contributed by atoms with Crippen molar-refractivity contribution in [3.8, 4) is 0 Å². The lowest BCUT2D eigenvalue weighted by Crippen LogP contribution is -2.17. The van der Waals surface area contributed by atoms with E-state index in [0.29, 0.717) is 10.9 Å².